The van der Waals surface area contributed by atoms with Crippen LogP contribution in [0.4, 0.5) is 4.79 Å². The Kier molecular flexibility index (Phi) is 3.43. The van der Waals surface area contributed by atoms with E-state index in [1.165, 1.54) is 38.5 Å². The van der Waals surface area contributed by atoms with E-state index in [2.05, 4.69) is 10.6 Å². The molecule has 120 valence electrons. The number of hydrogen-bond acceptors (Lipinski definition) is 2. The van der Waals surface area contributed by atoms with Gasteiger partial charge in [-0.3, -0.25) is 0 Å². The van der Waals surface area contributed by atoms with Crippen molar-refractivity contribution in [2.45, 2.75) is 63.5 Å². The molecular weight excluding hydrogens is 276 g/mol. The average molecular weight is 302 g/mol. The highest BCUT2D eigenvalue weighted by Crippen LogP contribution is 2.55. The van der Waals surface area contributed by atoms with E-state index in [0.29, 0.717) is 0 Å². The fraction of sp³-hybridized carbons (Fsp3) is 0.722. The SMILES string of the molecule is CC(Cc1ccco1)NC(=O)NC12CC3CC(CC(C3)C1)C2. The zero-order chi connectivity index (χ0) is 15.2. The van der Waals surface area contributed by atoms with Gasteiger partial charge in [0.05, 0.1) is 6.26 Å². The topological polar surface area (TPSA) is 54.3 Å². The van der Waals surface area contributed by atoms with Crippen molar-refractivity contribution in [3.63, 3.8) is 0 Å². The third-order valence-electron chi connectivity index (χ3n) is 5.88. The van der Waals surface area contributed by atoms with Gasteiger partial charge in [0.1, 0.15) is 5.76 Å². The average Bonchev–Trinajstić information content (AvgIpc) is 2.88. The summed E-state index contributed by atoms with van der Waals surface area (Å²) in [7, 11) is 0. The van der Waals surface area contributed by atoms with E-state index in [0.717, 1.165) is 29.9 Å². The number of furan rings is 1. The van der Waals surface area contributed by atoms with Crippen LogP contribution in [0, 0.1) is 17.8 Å². The van der Waals surface area contributed by atoms with E-state index in [4.69, 9.17) is 4.42 Å². The minimum absolute atomic E-state index is 0.000932. The fourth-order valence-electron chi connectivity index (χ4n) is 5.55. The van der Waals surface area contributed by atoms with Gasteiger partial charge < -0.3 is 15.1 Å². The van der Waals surface area contributed by atoms with E-state index >= 15 is 0 Å². The Balaban J connectivity index is 1.34. The van der Waals surface area contributed by atoms with E-state index in [9.17, 15) is 4.79 Å². The van der Waals surface area contributed by atoms with E-state index in [-0.39, 0.29) is 17.6 Å². The third-order valence-corrected chi connectivity index (χ3v) is 5.88. The first-order chi connectivity index (χ1) is 10.6. The van der Waals surface area contributed by atoms with Gasteiger partial charge in [0.2, 0.25) is 0 Å². The molecule has 5 rings (SSSR count). The molecule has 4 bridgehead atoms. The Bertz CT molecular complexity index is 502. The molecule has 4 saturated carbocycles. The van der Waals surface area contributed by atoms with Crippen molar-refractivity contribution < 1.29 is 9.21 Å². The van der Waals surface area contributed by atoms with Crippen LogP contribution in [-0.2, 0) is 6.42 Å². The molecule has 1 aromatic heterocycles. The number of nitrogens with one attached hydrogen (secondary N) is 2. The molecule has 4 aliphatic rings. The van der Waals surface area contributed by atoms with Crippen molar-refractivity contribution in [1.29, 1.82) is 0 Å². The number of carbonyl (C=O) groups excluding carboxylic acids is 1. The van der Waals surface area contributed by atoms with Gasteiger partial charge in [0, 0.05) is 18.0 Å². The highest BCUT2D eigenvalue weighted by molar-refractivity contribution is 5.75. The molecule has 4 aliphatic carbocycles. The zero-order valence-electron chi connectivity index (χ0n) is 13.3. The minimum Gasteiger partial charge on any atom is -0.469 e. The Labute approximate surface area is 132 Å². The summed E-state index contributed by atoms with van der Waals surface area (Å²) < 4.78 is 5.35. The second-order valence-corrected chi connectivity index (χ2v) is 7.98. The quantitative estimate of drug-likeness (QED) is 0.894. The number of amides is 2. The molecule has 1 heterocycles. The number of rotatable bonds is 4. The highest BCUT2D eigenvalue weighted by atomic mass is 16.3. The summed E-state index contributed by atoms with van der Waals surface area (Å²) in [6, 6.07) is 3.92. The van der Waals surface area contributed by atoms with E-state index in [1.807, 2.05) is 19.1 Å². The third kappa shape index (κ3) is 2.75. The smallest absolute Gasteiger partial charge is 0.315 e. The Morgan fingerprint density at radius 2 is 1.91 bits per heavy atom. The molecule has 0 radical (unpaired) electrons. The first kappa shape index (κ1) is 14.2. The van der Waals surface area contributed by atoms with Crippen LogP contribution in [0.5, 0.6) is 0 Å². The molecule has 1 unspecified atom stereocenters. The van der Waals surface area contributed by atoms with Crippen molar-refractivity contribution in [3.8, 4) is 0 Å². The van der Waals surface area contributed by atoms with Crippen LogP contribution in [0.25, 0.3) is 0 Å². The molecule has 22 heavy (non-hydrogen) atoms. The molecular formula is C18H26N2O2. The summed E-state index contributed by atoms with van der Waals surface area (Å²) in [5.74, 6) is 3.48. The van der Waals surface area contributed by atoms with Crippen molar-refractivity contribution >= 4 is 6.03 Å². The van der Waals surface area contributed by atoms with Crippen molar-refractivity contribution in [2.75, 3.05) is 0 Å². The molecule has 0 spiro atoms. The summed E-state index contributed by atoms with van der Waals surface area (Å²) in [6.45, 7) is 2.03. The zero-order valence-corrected chi connectivity index (χ0v) is 13.3. The molecule has 0 saturated heterocycles. The Morgan fingerprint density at radius 1 is 1.27 bits per heavy atom. The Morgan fingerprint density at radius 3 is 2.45 bits per heavy atom. The summed E-state index contributed by atoms with van der Waals surface area (Å²) in [5, 5.41) is 6.44. The molecule has 4 fully saturated rings. The fourth-order valence-corrected chi connectivity index (χ4v) is 5.55. The molecule has 0 aromatic carbocycles. The van der Waals surface area contributed by atoms with Crippen molar-refractivity contribution in [1.82, 2.24) is 10.6 Å². The summed E-state index contributed by atoms with van der Waals surface area (Å²) in [5.41, 5.74) is 0.0865. The molecule has 2 amide bonds. The van der Waals surface area contributed by atoms with Crippen LogP contribution in [0.2, 0.25) is 0 Å². The van der Waals surface area contributed by atoms with Crippen molar-refractivity contribution in [2.24, 2.45) is 17.8 Å². The van der Waals surface area contributed by atoms with E-state index in [1.54, 1.807) is 6.26 Å². The molecule has 1 aromatic rings. The molecule has 2 N–H and O–H groups in total. The van der Waals surface area contributed by atoms with Gasteiger partial charge in [-0.1, -0.05) is 0 Å². The van der Waals surface area contributed by atoms with Crippen LogP contribution in [0.15, 0.2) is 22.8 Å². The first-order valence-corrected chi connectivity index (χ1v) is 8.71. The lowest BCUT2D eigenvalue weighted by atomic mass is 9.53. The van der Waals surface area contributed by atoms with Gasteiger partial charge in [-0.05, 0) is 75.3 Å². The van der Waals surface area contributed by atoms with Gasteiger partial charge in [0.15, 0.2) is 0 Å². The predicted octanol–water partition coefficient (Wildman–Crippen LogP) is 3.48. The minimum atomic E-state index is 0.000932. The molecule has 4 nitrogen and oxygen atoms in total. The van der Waals surface area contributed by atoms with Gasteiger partial charge in [0.25, 0.3) is 0 Å². The lowest BCUT2D eigenvalue weighted by Gasteiger charge is -2.56. The largest absolute Gasteiger partial charge is 0.469 e. The van der Waals surface area contributed by atoms with Gasteiger partial charge in [-0.25, -0.2) is 4.79 Å². The predicted molar refractivity (Wildman–Crippen MR) is 84.4 cm³/mol. The first-order valence-electron chi connectivity index (χ1n) is 8.71. The van der Waals surface area contributed by atoms with Gasteiger partial charge >= 0.3 is 6.03 Å². The highest BCUT2D eigenvalue weighted by Gasteiger charge is 2.51. The number of carbonyl (C=O) groups is 1. The van der Waals surface area contributed by atoms with Crippen molar-refractivity contribution in [3.05, 3.63) is 24.2 Å². The Hall–Kier alpha value is -1.45. The second-order valence-electron chi connectivity index (χ2n) is 7.98. The maximum atomic E-state index is 12.4. The van der Waals surface area contributed by atoms with E-state index < -0.39 is 0 Å². The van der Waals surface area contributed by atoms with Crippen LogP contribution in [0.1, 0.15) is 51.2 Å². The van der Waals surface area contributed by atoms with Gasteiger partial charge in [-0.2, -0.15) is 0 Å². The van der Waals surface area contributed by atoms with Gasteiger partial charge in [-0.15, -0.1) is 0 Å². The normalized spacial score (nSPS) is 37.0. The summed E-state index contributed by atoms with van der Waals surface area (Å²) in [4.78, 5) is 12.4. The van der Waals surface area contributed by atoms with Crippen LogP contribution < -0.4 is 10.6 Å². The second kappa shape index (κ2) is 5.32. The standard InChI is InChI=1S/C18H26N2O2/c1-12(5-16-3-2-4-22-16)19-17(21)20-18-9-13-6-14(10-18)8-15(7-13)11-18/h2-4,12-15H,5-11H2,1H3,(H2,19,20,21). The monoisotopic (exact) mass is 302 g/mol. The van der Waals surface area contributed by atoms with Crippen LogP contribution in [-0.4, -0.2) is 17.6 Å². The maximum absolute atomic E-state index is 12.4. The van der Waals surface area contributed by atoms with Crippen LogP contribution >= 0.6 is 0 Å². The molecule has 0 aliphatic heterocycles. The van der Waals surface area contributed by atoms with Crippen LogP contribution in [0.3, 0.4) is 0 Å². The maximum Gasteiger partial charge on any atom is 0.315 e. The number of hydrogen-bond donors (Lipinski definition) is 2. The lowest BCUT2D eigenvalue weighted by molar-refractivity contribution is -0.0136. The number of urea groups is 1. The molecule has 1 atom stereocenters. The summed E-state index contributed by atoms with van der Waals surface area (Å²) in [6.07, 6.45) is 10.2. The lowest BCUT2D eigenvalue weighted by Crippen LogP contribution is -2.62. The molecule has 4 heteroatoms. The summed E-state index contributed by atoms with van der Waals surface area (Å²) >= 11 is 0.